The average molecular weight is 388 g/mol. The zero-order valence-electron chi connectivity index (χ0n) is 9.88. The molecule has 0 aliphatic carbocycles. The van der Waals surface area contributed by atoms with Crippen molar-refractivity contribution in [1.82, 2.24) is 5.32 Å². The Morgan fingerprint density at radius 3 is 2.47 bits per heavy atom. The lowest BCUT2D eigenvalue weighted by Gasteiger charge is -2.22. The Hall–Kier alpha value is -0.260. The van der Waals surface area contributed by atoms with Crippen LogP contribution in [0.25, 0.3) is 0 Å². The maximum absolute atomic E-state index is 12.0. The number of alkyl halides is 3. The predicted octanol–water partition coefficient (Wildman–Crippen LogP) is 2.62. The van der Waals surface area contributed by atoms with Gasteiger partial charge in [-0.15, -0.1) is 0 Å². The molecule has 0 fully saturated rings. The van der Waals surface area contributed by atoms with Crippen LogP contribution in [0.3, 0.4) is 0 Å². The van der Waals surface area contributed by atoms with Crippen LogP contribution in [0.5, 0.6) is 0 Å². The first-order chi connectivity index (χ1) is 8.84. The van der Waals surface area contributed by atoms with E-state index in [9.17, 15) is 4.79 Å². The first kappa shape index (κ1) is 16.8. The van der Waals surface area contributed by atoms with Crippen molar-refractivity contribution < 1.29 is 10.1 Å². The Balaban J connectivity index is 2.75. The number of benzene rings is 1. The van der Waals surface area contributed by atoms with Crippen LogP contribution >= 0.6 is 50.7 Å². The molecule has 0 saturated carbocycles. The number of quaternary nitrogens is 1. The maximum Gasteiger partial charge on any atom is 0.262 e. The fraction of sp³-hybridized carbons (Fsp3) is 0.250. The summed E-state index contributed by atoms with van der Waals surface area (Å²) in [4.78, 5) is 12.0. The van der Waals surface area contributed by atoms with E-state index in [1.165, 1.54) is 0 Å². The Morgan fingerprint density at radius 2 is 2.00 bits per heavy atom. The molecule has 0 unspecified atom stereocenters. The molecule has 0 aliphatic rings. The van der Waals surface area contributed by atoms with E-state index in [1.807, 2.05) is 0 Å². The number of hydrogen-bond acceptors (Lipinski definition) is 1. The number of carbonyl (C=O) groups is 1. The molecule has 104 valence electrons. The third kappa shape index (κ3) is 5.71. The minimum atomic E-state index is -1.60. The van der Waals surface area contributed by atoms with Gasteiger partial charge in [0.2, 0.25) is 6.17 Å². The van der Waals surface area contributed by atoms with E-state index < -0.39 is 9.96 Å². The van der Waals surface area contributed by atoms with E-state index in [4.69, 9.17) is 34.8 Å². The van der Waals surface area contributed by atoms with E-state index >= 15 is 0 Å². The van der Waals surface area contributed by atoms with Crippen LogP contribution in [0.15, 0.2) is 41.4 Å². The molecule has 1 aromatic carbocycles. The topological polar surface area (TPSA) is 45.7 Å². The van der Waals surface area contributed by atoms with Gasteiger partial charge in [0.25, 0.3) is 9.70 Å². The highest BCUT2D eigenvalue weighted by Crippen LogP contribution is 2.27. The van der Waals surface area contributed by atoms with E-state index in [-0.39, 0.29) is 5.91 Å². The van der Waals surface area contributed by atoms with Gasteiger partial charge < -0.3 is 5.32 Å². The quantitative estimate of drug-likeness (QED) is 0.455. The second kappa shape index (κ2) is 7.50. The molecule has 0 aliphatic heterocycles. The van der Waals surface area contributed by atoms with Crippen molar-refractivity contribution in [2.24, 2.45) is 0 Å². The van der Waals surface area contributed by atoms with Crippen LogP contribution in [0.2, 0.25) is 0 Å². The zero-order chi connectivity index (χ0) is 14.5. The highest BCUT2D eigenvalue weighted by atomic mass is 79.9. The molecule has 0 aromatic heterocycles. The standard InChI is InChI=1S/C12H12BrCl3N2O/c1-2-7-17-11(12(14,15)16)18-10(19)8-3-5-9(13)6-4-8/h2-6,11,17H,1,7H2,(H,18,19)/p+1/t11-/m1/s1. The Bertz CT molecular complexity index is 445. The third-order valence-corrected chi connectivity index (χ3v) is 3.52. The van der Waals surface area contributed by atoms with Gasteiger partial charge in [-0.3, -0.25) is 10.1 Å². The number of rotatable bonds is 5. The van der Waals surface area contributed by atoms with Crippen LogP contribution in [0.1, 0.15) is 10.4 Å². The normalized spacial score (nSPS) is 12.8. The summed E-state index contributed by atoms with van der Waals surface area (Å²) in [5.41, 5.74) is 0.495. The average Bonchev–Trinajstić information content (AvgIpc) is 2.33. The molecule has 0 spiro atoms. The number of nitrogens with two attached hydrogens (primary N) is 1. The van der Waals surface area contributed by atoms with Crippen molar-refractivity contribution in [3.8, 4) is 0 Å². The van der Waals surface area contributed by atoms with Gasteiger partial charge in [-0.25, -0.2) is 0 Å². The maximum atomic E-state index is 12.0. The fourth-order valence-electron chi connectivity index (χ4n) is 1.33. The van der Waals surface area contributed by atoms with E-state index in [1.54, 1.807) is 35.7 Å². The summed E-state index contributed by atoms with van der Waals surface area (Å²) in [5, 5.41) is 4.37. The fourth-order valence-corrected chi connectivity index (χ4v) is 2.03. The molecule has 1 amide bonds. The molecular formula is C12H13BrCl3N2O+. The van der Waals surface area contributed by atoms with Crippen molar-refractivity contribution in [2.45, 2.75) is 9.96 Å². The van der Waals surface area contributed by atoms with Crippen LogP contribution in [-0.4, -0.2) is 22.4 Å². The SMILES string of the molecule is C=CC[NH2+][C@H](NC(=O)c1ccc(Br)cc1)C(Cl)(Cl)Cl. The lowest BCUT2D eigenvalue weighted by atomic mass is 10.2. The molecule has 0 heterocycles. The monoisotopic (exact) mass is 385 g/mol. The highest BCUT2D eigenvalue weighted by Gasteiger charge is 2.37. The first-order valence-corrected chi connectivity index (χ1v) is 7.34. The van der Waals surface area contributed by atoms with E-state index in [2.05, 4.69) is 27.8 Å². The van der Waals surface area contributed by atoms with Crippen molar-refractivity contribution in [3.63, 3.8) is 0 Å². The molecule has 1 atom stereocenters. The number of nitrogens with one attached hydrogen (secondary N) is 1. The molecule has 1 aromatic rings. The smallest absolute Gasteiger partial charge is 0.262 e. The van der Waals surface area contributed by atoms with Gasteiger partial charge in [-0.2, -0.15) is 0 Å². The molecule has 1 rings (SSSR count). The molecule has 3 N–H and O–H groups in total. The second-order valence-electron chi connectivity index (χ2n) is 3.76. The summed E-state index contributed by atoms with van der Waals surface area (Å²) in [6.45, 7) is 4.11. The Kier molecular flexibility index (Phi) is 6.63. The van der Waals surface area contributed by atoms with Gasteiger partial charge in [0.15, 0.2) is 0 Å². The molecule has 7 heteroatoms. The van der Waals surface area contributed by atoms with E-state index in [0.717, 1.165) is 4.47 Å². The minimum absolute atomic E-state index is 0.302. The van der Waals surface area contributed by atoms with Crippen LogP contribution < -0.4 is 10.6 Å². The third-order valence-electron chi connectivity index (χ3n) is 2.28. The lowest BCUT2D eigenvalue weighted by Crippen LogP contribution is -2.96. The minimum Gasteiger partial charge on any atom is -0.320 e. The summed E-state index contributed by atoms with van der Waals surface area (Å²) < 4.78 is -0.714. The van der Waals surface area contributed by atoms with Crippen LogP contribution in [-0.2, 0) is 0 Å². The van der Waals surface area contributed by atoms with Crippen molar-refractivity contribution >= 4 is 56.6 Å². The number of hydrogen-bond donors (Lipinski definition) is 2. The number of carbonyl (C=O) groups excluding carboxylic acids is 1. The van der Waals surface area contributed by atoms with Gasteiger partial charge in [0.1, 0.15) is 0 Å². The molecule has 0 bridgehead atoms. The summed E-state index contributed by atoms with van der Waals surface area (Å²) in [6, 6.07) is 6.91. The van der Waals surface area contributed by atoms with Crippen molar-refractivity contribution in [2.75, 3.05) is 6.54 Å². The van der Waals surface area contributed by atoms with Crippen molar-refractivity contribution in [1.29, 1.82) is 0 Å². The van der Waals surface area contributed by atoms with E-state index in [0.29, 0.717) is 12.1 Å². The first-order valence-electron chi connectivity index (χ1n) is 5.42. The van der Waals surface area contributed by atoms with Gasteiger partial charge in [0, 0.05) is 10.0 Å². The summed E-state index contributed by atoms with van der Waals surface area (Å²) in [5.74, 6) is -0.302. The van der Waals surface area contributed by atoms with Gasteiger partial charge >= 0.3 is 0 Å². The number of amides is 1. The molecule has 19 heavy (non-hydrogen) atoms. The lowest BCUT2D eigenvalue weighted by molar-refractivity contribution is -0.683. The number of halogens is 4. The molecular weight excluding hydrogens is 374 g/mol. The highest BCUT2D eigenvalue weighted by molar-refractivity contribution is 9.10. The largest absolute Gasteiger partial charge is 0.320 e. The molecule has 3 nitrogen and oxygen atoms in total. The Labute approximate surface area is 135 Å². The summed E-state index contributed by atoms with van der Waals surface area (Å²) >= 11 is 20.8. The molecule has 0 radical (unpaired) electrons. The van der Waals surface area contributed by atoms with Crippen molar-refractivity contribution in [3.05, 3.63) is 47.0 Å². The second-order valence-corrected chi connectivity index (χ2v) is 7.04. The summed E-state index contributed by atoms with van der Waals surface area (Å²) in [7, 11) is 0. The van der Waals surface area contributed by atoms with Crippen LogP contribution in [0.4, 0.5) is 0 Å². The molecule has 0 saturated heterocycles. The predicted molar refractivity (Wildman–Crippen MR) is 82.7 cm³/mol. The van der Waals surface area contributed by atoms with Crippen LogP contribution in [0, 0.1) is 0 Å². The Morgan fingerprint density at radius 1 is 1.42 bits per heavy atom. The van der Waals surface area contributed by atoms with Gasteiger partial charge in [0.05, 0.1) is 6.54 Å². The zero-order valence-corrected chi connectivity index (χ0v) is 13.7. The van der Waals surface area contributed by atoms with Gasteiger partial charge in [-0.05, 0) is 30.3 Å². The summed E-state index contributed by atoms with van der Waals surface area (Å²) in [6.07, 6.45) is 0.974. The van der Waals surface area contributed by atoms with Gasteiger partial charge in [-0.1, -0.05) is 57.3 Å².